The van der Waals surface area contributed by atoms with Gasteiger partial charge in [0.2, 0.25) is 0 Å². The molecule has 0 atom stereocenters. The molecule has 4 aromatic rings. The Balaban J connectivity index is 1.49. The lowest BCUT2D eigenvalue weighted by Crippen LogP contribution is -2.01. The fourth-order valence-corrected chi connectivity index (χ4v) is 4.42. The molecular formula is C28H27O3P. The van der Waals surface area contributed by atoms with Crippen molar-refractivity contribution in [2.75, 3.05) is 0 Å². The predicted molar refractivity (Wildman–Crippen MR) is 131 cm³/mol. The topological polar surface area (TPSA) is 38.7 Å². The summed E-state index contributed by atoms with van der Waals surface area (Å²) >= 11 is 0. The third kappa shape index (κ3) is 5.56. The molecular weight excluding hydrogens is 415 g/mol. The van der Waals surface area contributed by atoms with Gasteiger partial charge in [-0.1, -0.05) is 84.9 Å². The molecule has 0 spiro atoms. The van der Waals surface area contributed by atoms with E-state index in [1.807, 2.05) is 72.8 Å². The third-order valence-corrected chi connectivity index (χ3v) is 6.29. The molecule has 0 fully saturated rings. The van der Waals surface area contributed by atoms with Crippen LogP contribution in [0.1, 0.15) is 33.4 Å². The van der Waals surface area contributed by atoms with Gasteiger partial charge in [-0.25, -0.2) is 0 Å². The first kappa shape index (κ1) is 22.1. The number of para-hydroxylation sites is 2. The Hall–Kier alpha value is -3.13. The summed E-state index contributed by atoms with van der Waals surface area (Å²) in [6.07, 6.45) is 1.46. The lowest BCUT2D eigenvalue weighted by atomic mass is 10.0. The van der Waals surface area contributed by atoms with Crippen molar-refractivity contribution >= 4 is 8.60 Å². The lowest BCUT2D eigenvalue weighted by molar-refractivity contribution is 0.379. The molecule has 162 valence electrons. The molecule has 0 saturated heterocycles. The van der Waals surface area contributed by atoms with Crippen molar-refractivity contribution in [1.29, 1.82) is 0 Å². The molecule has 4 heteroatoms. The average molecular weight is 442 g/mol. The highest BCUT2D eigenvalue weighted by Crippen LogP contribution is 2.40. The van der Waals surface area contributed by atoms with Gasteiger partial charge in [0.25, 0.3) is 0 Å². The maximum Gasteiger partial charge on any atom is 0.460 e. The van der Waals surface area contributed by atoms with Crippen molar-refractivity contribution in [3.8, 4) is 11.5 Å². The van der Waals surface area contributed by atoms with E-state index in [-0.39, 0.29) is 0 Å². The monoisotopic (exact) mass is 442 g/mol. The molecule has 0 amide bonds. The third-order valence-electron chi connectivity index (χ3n) is 5.58. The first-order valence-corrected chi connectivity index (χ1v) is 11.8. The first-order chi connectivity index (χ1) is 15.6. The Labute approximate surface area is 191 Å². The minimum absolute atomic E-state index is 0.640. The highest BCUT2D eigenvalue weighted by Gasteiger charge is 2.17. The molecule has 0 aliphatic heterocycles. The highest BCUT2D eigenvalue weighted by atomic mass is 31.2. The minimum atomic E-state index is -2.13. The number of benzene rings is 4. The number of aryl methyl sites for hydroxylation is 2. The van der Waals surface area contributed by atoms with Gasteiger partial charge < -0.3 is 13.9 Å². The molecule has 0 saturated carbocycles. The van der Waals surface area contributed by atoms with Gasteiger partial charge in [-0.05, 0) is 59.4 Å². The van der Waals surface area contributed by atoms with Crippen molar-refractivity contribution < 1.29 is 13.9 Å². The van der Waals surface area contributed by atoms with E-state index in [1.165, 1.54) is 22.3 Å². The SMILES string of the molecule is Cc1ccccc1Cc1ccccc1OP(O)Oc1ccccc1Cc1ccccc1C. The molecule has 0 bridgehead atoms. The summed E-state index contributed by atoms with van der Waals surface area (Å²) in [6.45, 7) is 4.21. The van der Waals surface area contributed by atoms with Gasteiger partial charge in [0.15, 0.2) is 0 Å². The van der Waals surface area contributed by atoms with Crippen LogP contribution in [-0.4, -0.2) is 4.89 Å². The summed E-state index contributed by atoms with van der Waals surface area (Å²) in [6, 6.07) is 32.2. The van der Waals surface area contributed by atoms with Crippen molar-refractivity contribution in [3.63, 3.8) is 0 Å². The van der Waals surface area contributed by atoms with Gasteiger partial charge in [0, 0.05) is 12.8 Å². The first-order valence-electron chi connectivity index (χ1n) is 10.7. The number of hydrogen-bond acceptors (Lipinski definition) is 3. The van der Waals surface area contributed by atoms with Gasteiger partial charge in [-0.3, -0.25) is 0 Å². The molecule has 1 N–H and O–H groups in total. The molecule has 0 aliphatic carbocycles. The second kappa shape index (κ2) is 10.5. The van der Waals surface area contributed by atoms with Crippen molar-refractivity contribution in [1.82, 2.24) is 0 Å². The number of hydrogen-bond donors (Lipinski definition) is 1. The van der Waals surface area contributed by atoms with E-state index < -0.39 is 8.60 Å². The Bertz CT molecular complexity index is 1100. The van der Waals surface area contributed by atoms with E-state index in [1.54, 1.807) is 0 Å². The second-order valence-electron chi connectivity index (χ2n) is 7.84. The van der Waals surface area contributed by atoms with Crippen LogP contribution in [0.25, 0.3) is 0 Å². The summed E-state index contributed by atoms with van der Waals surface area (Å²) in [7, 11) is -2.13. The molecule has 0 heterocycles. The van der Waals surface area contributed by atoms with Crippen LogP contribution in [0.5, 0.6) is 11.5 Å². The van der Waals surface area contributed by atoms with E-state index in [9.17, 15) is 4.89 Å². The second-order valence-corrected chi connectivity index (χ2v) is 8.68. The molecule has 0 aromatic heterocycles. The van der Waals surface area contributed by atoms with E-state index >= 15 is 0 Å². The van der Waals surface area contributed by atoms with E-state index in [2.05, 4.69) is 38.1 Å². The van der Waals surface area contributed by atoms with Crippen LogP contribution in [0.15, 0.2) is 97.1 Å². The molecule has 4 rings (SSSR count). The lowest BCUT2D eigenvalue weighted by Gasteiger charge is -2.17. The predicted octanol–water partition coefficient (Wildman–Crippen LogP) is 7.16. The van der Waals surface area contributed by atoms with Gasteiger partial charge in [-0.15, -0.1) is 0 Å². The maximum atomic E-state index is 10.7. The van der Waals surface area contributed by atoms with Gasteiger partial charge in [0.05, 0.1) is 0 Å². The van der Waals surface area contributed by atoms with Crippen molar-refractivity contribution in [2.24, 2.45) is 0 Å². The van der Waals surface area contributed by atoms with Crippen LogP contribution >= 0.6 is 8.60 Å². The van der Waals surface area contributed by atoms with Crippen LogP contribution in [0, 0.1) is 13.8 Å². The van der Waals surface area contributed by atoms with Crippen LogP contribution in [0.4, 0.5) is 0 Å². The molecule has 32 heavy (non-hydrogen) atoms. The van der Waals surface area contributed by atoms with Crippen molar-refractivity contribution in [3.05, 3.63) is 130 Å². The number of rotatable bonds is 8. The quantitative estimate of drug-likeness (QED) is 0.294. The Morgan fingerprint density at radius 1 is 0.531 bits per heavy atom. The summed E-state index contributed by atoms with van der Waals surface area (Å²) in [5, 5.41) is 0. The summed E-state index contributed by atoms with van der Waals surface area (Å²) < 4.78 is 11.8. The standard InChI is InChI=1S/C28H27O3P/c1-21-11-3-5-13-23(21)19-25-15-7-9-17-27(25)30-32(29)31-28-18-10-8-16-26(28)20-24-14-6-4-12-22(24)2/h3-18,29H,19-20H2,1-2H3. The van der Waals surface area contributed by atoms with E-state index in [4.69, 9.17) is 9.05 Å². The fraction of sp³-hybridized carbons (Fsp3) is 0.143. The maximum absolute atomic E-state index is 10.7. The Morgan fingerprint density at radius 3 is 1.28 bits per heavy atom. The smallest absolute Gasteiger partial charge is 0.418 e. The van der Waals surface area contributed by atoms with Crippen molar-refractivity contribution in [2.45, 2.75) is 26.7 Å². The molecule has 0 radical (unpaired) electrons. The molecule has 0 unspecified atom stereocenters. The van der Waals surface area contributed by atoms with E-state index in [0.29, 0.717) is 11.5 Å². The van der Waals surface area contributed by atoms with Crippen LogP contribution < -0.4 is 9.05 Å². The highest BCUT2D eigenvalue weighted by molar-refractivity contribution is 7.41. The van der Waals surface area contributed by atoms with Crippen LogP contribution in [-0.2, 0) is 12.8 Å². The van der Waals surface area contributed by atoms with Gasteiger partial charge >= 0.3 is 8.60 Å². The van der Waals surface area contributed by atoms with Crippen LogP contribution in [0.2, 0.25) is 0 Å². The summed E-state index contributed by atoms with van der Waals surface area (Å²) in [4.78, 5) is 10.7. The molecule has 4 aromatic carbocycles. The molecule has 0 aliphatic rings. The van der Waals surface area contributed by atoms with E-state index in [0.717, 1.165) is 24.0 Å². The zero-order valence-corrected chi connectivity index (χ0v) is 19.3. The van der Waals surface area contributed by atoms with Crippen LogP contribution in [0.3, 0.4) is 0 Å². The van der Waals surface area contributed by atoms with Gasteiger partial charge in [-0.2, -0.15) is 0 Å². The largest absolute Gasteiger partial charge is 0.460 e. The molecule has 3 nitrogen and oxygen atoms in total. The summed E-state index contributed by atoms with van der Waals surface area (Å²) in [5.41, 5.74) is 6.95. The fourth-order valence-electron chi connectivity index (χ4n) is 3.69. The average Bonchev–Trinajstić information content (AvgIpc) is 2.79. The zero-order valence-electron chi connectivity index (χ0n) is 18.4. The summed E-state index contributed by atoms with van der Waals surface area (Å²) in [5.74, 6) is 1.28. The Kier molecular flexibility index (Phi) is 7.21. The van der Waals surface area contributed by atoms with Gasteiger partial charge in [0.1, 0.15) is 11.5 Å². The normalized spacial score (nSPS) is 10.9. The Morgan fingerprint density at radius 2 is 0.875 bits per heavy atom. The zero-order chi connectivity index (χ0) is 22.3. The minimum Gasteiger partial charge on any atom is -0.418 e.